The Kier molecular flexibility index (Phi) is 6.23. The Hall–Kier alpha value is -0.650. The first kappa shape index (κ1) is 12.1. The molecule has 10 heavy (non-hydrogen) atoms. The van der Waals surface area contributed by atoms with Crippen molar-refractivity contribution in [2.45, 2.75) is 19.6 Å². The number of carboxylic acids is 1. The summed E-state index contributed by atoms with van der Waals surface area (Å²) < 4.78 is 0. The third-order valence-corrected chi connectivity index (χ3v) is 1.12. The van der Waals surface area contributed by atoms with Crippen LogP contribution in [0.1, 0.15) is 13.3 Å². The Morgan fingerprint density at radius 3 is 1.90 bits per heavy atom. The molecule has 0 aromatic carbocycles. The first-order valence-corrected chi connectivity index (χ1v) is 2.68. The normalized spacial score (nSPS) is 12.4. The van der Waals surface area contributed by atoms with Crippen molar-refractivity contribution in [3.63, 3.8) is 0 Å². The predicted molar refractivity (Wildman–Crippen MR) is 33.3 cm³/mol. The molecule has 0 aromatic heterocycles. The first-order chi connectivity index (χ1) is 4.09. The summed E-state index contributed by atoms with van der Waals surface area (Å²) in [4.78, 5) is 10.1. The van der Waals surface area contributed by atoms with E-state index in [-0.39, 0.29) is 11.9 Å². The third kappa shape index (κ3) is 3.39. The Morgan fingerprint density at radius 1 is 1.50 bits per heavy atom. The van der Waals surface area contributed by atoms with Gasteiger partial charge >= 0.3 is 5.97 Å². The number of aliphatic hydroxyl groups excluding tert-OH is 1. The van der Waals surface area contributed by atoms with E-state index in [4.69, 9.17) is 15.3 Å². The standard InChI is InChI=1S/C5H10O4.H2O/c1-2-3(4(6)7)5(8)9;/h3-4,6-7H,2H2,1H3,(H,8,9);1H2. The molecule has 0 aromatic rings. The number of aliphatic carboxylic acids is 1. The molecule has 5 heteroatoms. The van der Waals surface area contributed by atoms with Crippen LogP contribution >= 0.6 is 0 Å². The highest BCUT2D eigenvalue weighted by molar-refractivity contribution is 5.70. The Morgan fingerprint density at radius 2 is 1.90 bits per heavy atom. The summed E-state index contributed by atoms with van der Waals surface area (Å²) in [7, 11) is 0. The van der Waals surface area contributed by atoms with Crippen LogP contribution < -0.4 is 0 Å². The molecule has 0 bridgehead atoms. The summed E-state index contributed by atoms with van der Waals surface area (Å²) >= 11 is 0. The van der Waals surface area contributed by atoms with Crippen molar-refractivity contribution >= 4 is 5.97 Å². The summed E-state index contributed by atoms with van der Waals surface area (Å²) in [5.41, 5.74) is 0. The maximum absolute atomic E-state index is 10.1. The number of hydrogen-bond donors (Lipinski definition) is 3. The van der Waals surface area contributed by atoms with Crippen LogP contribution in [0.3, 0.4) is 0 Å². The number of hydrogen-bond acceptors (Lipinski definition) is 3. The first-order valence-electron chi connectivity index (χ1n) is 2.68. The second kappa shape index (κ2) is 5.16. The zero-order chi connectivity index (χ0) is 7.44. The van der Waals surface area contributed by atoms with E-state index in [0.29, 0.717) is 0 Å². The molecule has 5 nitrogen and oxygen atoms in total. The van der Waals surface area contributed by atoms with Gasteiger partial charge in [0, 0.05) is 0 Å². The van der Waals surface area contributed by atoms with E-state index in [1.165, 1.54) is 0 Å². The van der Waals surface area contributed by atoms with Crippen molar-refractivity contribution in [2.24, 2.45) is 5.92 Å². The van der Waals surface area contributed by atoms with Gasteiger partial charge in [-0.15, -0.1) is 0 Å². The summed E-state index contributed by atoms with van der Waals surface area (Å²) in [5.74, 6) is -2.22. The van der Waals surface area contributed by atoms with Gasteiger partial charge in [0.2, 0.25) is 0 Å². The molecule has 0 fully saturated rings. The number of carboxylic acid groups (broad SMARTS) is 1. The molecule has 0 aliphatic heterocycles. The lowest BCUT2D eigenvalue weighted by molar-refractivity contribution is -0.158. The minimum absolute atomic E-state index is 0. The molecular formula is C5H12O5. The number of rotatable bonds is 3. The molecule has 1 unspecified atom stereocenters. The highest BCUT2D eigenvalue weighted by Gasteiger charge is 2.21. The predicted octanol–water partition coefficient (Wildman–Crippen LogP) is -1.42. The van der Waals surface area contributed by atoms with E-state index in [0.717, 1.165) is 0 Å². The SMILES string of the molecule is CCC(C(=O)O)C(O)O.O. The fraction of sp³-hybridized carbons (Fsp3) is 0.800. The van der Waals surface area contributed by atoms with Crippen LogP contribution in [0.2, 0.25) is 0 Å². The van der Waals surface area contributed by atoms with Gasteiger partial charge < -0.3 is 20.8 Å². The molecule has 0 aliphatic rings. The highest BCUT2D eigenvalue weighted by atomic mass is 16.5. The monoisotopic (exact) mass is 152 g/mol. The molecule has 0 aliphatic carbocycles. The molecule has 62 valence electrons. The van der Waals surface area contributed by atoms with Crippen LogP contribution in [0, 0.1) is 5.92 Å². The van der Waals surface area contributed by atoms with Gasteiger partial charge in [-0.3, -0.25) is 4.79 Å². The lowest BCUT2D eigenvalue weighted by Gasteiger charge is -2.10. The zero-order valence-electron chi connectivity index (χ0n) is 5.61. The van der Waals surface area contributed by atoms with Gasteiger partial charge in [0.05, 0.1) is 0 Å². The average Bonchev–Trinajstić information content (AvgIpc) is 1.64. The van der Waals surface area contributed by atoms with Crippen LogP contribution in [0.25, 0.3) is 0 Å². The van der Waals surface area contributed by atoms with Crippen molar-refractivity contribution in [1.82, 2.24) is 0 Å². The lowest BCUT2D eigenvalue weighted by atomic mass is 10.1. The number of carbonyl (C=O) groups is 1. The van der Waals surface area contributed by atoms with E-state index >= 15 is 0 Å². The summed E-state index contributed by atoms with van der Waals surface area (Å²) in [6.07, 6.45) is -1.51. The summed E-state index contributed by atoms with van der Waals surface area (Å²) in [6, 6.07) is 0. The van der Waals surface area contributed by atoms with E-state index in [9.17, 15) is 4.79 Å². The fourth-order valence-electron chi connectivity index (χ4n) is 0.513. The van der Waals surface area contributed by atoms with Crippen molar-refractivity contribution in [3.05, 3.63) is 0 Å². The topological polar surface area (TPSA) is 109 Å². The molecule has 0 saturated carbocycles. The largest absolute Gasteiger partial charge is 0.481 e. The van der Waals surface area contributed by atoms with Gasteiger partial charge in [-0.1, -0.05) is 6.92 Å². The highest BCUT2D eigenvalue weighted by Crippen LogP contribution is 2.05. The minimum atomic E-state index is -1.74. The van der Waals surface area contributed by atoms with E-state index in [1.54, 1.807) is 6.92 Å². The van der Waals surface area contributed by atoms with E-state index in [1.807, 2.05) is 0 Å². The molecule has 0 amide bonds. The smallest absolute Gasteiger partial charge is 0.311 e. The van der Waals surface area contributed by atoms with Crippen LogP contribution in [-0.4, -0.2) is 33.1 Å². The van der Waals surface area contributed by atoms with Crippen LogP contribution in [0.15, 0.2) is 0 Å². The molecule has 1 atom stereocenters. The fourth-order valence-corrected chi connectivity index (χ4v) is 0.513. The molecule has 5 N–H and O–H groups in total. The van der Waals surface area contributed by atoms with Crippen molar-refractivity contribution in [3.8, 4) is 0 Å². The Labute approximate surface area is 58.2 Å². The Balaban J connectivity index is 0. The molecular weight excluding hydrogens is 140 g/mol. The van der Waals surface area contributed by atoms with E-state index < -0.39 is 18.2 Å². The second-order valence-electron chi connectivity index (χ2n) is 1.77. The molecule has 0 rings (SSSR count). The zero-order valence-corrected chi connectivity index (χ0v) is 5.61. The lowest BCUT2D eigenvalue weighted by Crippen LogP contribution is -2.26. The summed E-state index contributed by atoms with van der Waals surface area (Å²) in [5, 5.41) is 24.9. The van der Waals surface area contributed by atoms with Crippen LogP contribution in [0.5, 0.6) is 0 Å². The third-order valence-electron chi connectivity index (χ3n) is 1.12. The van der Waals surface area contributed by atoms with Gasteiger partial charge in [0.1, 0.15) is 5.92 Å². The van der Waals surface area contributed by atoms with Crippen LogP contribution in [-0.2, 0) is 4.79 Å². The maximum Gasteiger partial charge on any atom is 0.311 e. The van der Waals surface area contributed by atoms with Gasteiger partial charge in [-0.2, -0.15) is 0 Å². The molecule has 0 radical (unpaired) electrons. The van der Waals surface area contributed by atoms with Crippen LogP contribution in [0.4, 0.5) is 0 Å². The number of aliphatic hydroxyl groups is 2. The average molecular weight is 152 g/mol. The Bertz CT molecular complexity index is 100. The molecule has 0 heterocycles. The second-order valence-corrected chi connectivity index (χ2v) is 1.77. The van der Waals surface area contributed by atoms with Gasteiger partial charge in [-0.05, 0) is 6.42 Å². The molecule has 0 spiro atoms. The van der Waals surface area contributed by atoms with Gasteiger partial charge in [0.15, 0.2) is 6.29 Å². The van der Waals surface area contributed by atoms with Crippen molar-refractivity contribution < 1.29 is 25.6 Å². The van der Waals surface area contributed by atoms with E-state index in [2.05, 4.69) is 0 Å². The quantitative estimate of drug-likeness (QED) is 0.431. The van der Waals surface area contributed by atoms with Gasteiger partial charge in [0.25, 0.3) is 0 Å². The van der Waals surface area contributed by atoms with Gasteiger partial charge in [-0.25, -0.2) is 0 Å². The summed E-state index contributed by atoms with van der Waals surface area (Å²) in [6.45, 7) is 1.58. The molecule has 0 saturated heterocycles. The van der Waals surface area contributed by atoms with Crippen molar-refractivity contribution in [2.75, 3.05) is 0 Å². The van der Waals surface area contributed by atoms with Crippen molar-refractivity contribution in [1.29, 1.82) is 0 Å². The maximum atomic E-state index is 10.1. The minimum Gasteiger partial charge on any atom is -0.481 e.